The van der Waals surface area contributed by atoms with Gasteiger partial charge in [0, 0.05) is 22.2 Å². The average Bonchev–Trinajstić information content (AvgIpc) is 2.43. The van der Waals surface area contributed by atoms with Crippen molar-refractivity contribution >= 4 is 23.2 Å². The third kappa shape index (κ3) is 3.71. The van der Waals surface area contributed by atoms with Gasteiger partial charge in [0.2, 0.25) is 0 Å². The van der Waals surface area contributed by atoms with Crippen molar-refractivity contribution in [2.24, 2.45) is 0 Å². The molecule has 100 valence electrons. The predicted molar refractivity (Wildman–Crippen MR) is 79.6 cm³/mol. The highest BCUT2D eigenvalue weighted by molar-refractivity contribution is 6.36. The van der Waals surface area contributed by atoms with Gasteiger partial charge in [-0.15, -0.1) is 0 Å². The van der Waals surface area contributed by atoms with Crippen LogP contribution in [0.5, 0.6) is 0 Å². The van der Waals surface area contributed by atoms with Gasteiger partial charge in [0.1, 0.15) is 0 Å². The lowest BCUT2D eigenvalue weighted by molar-refractivity contribution is 0.244. The van der Waals surface area contributed by atoms with Crippen LogP contribution in [0.25, 0.3) is 0 Å². The first-order valence-electron chi connectivity index (χ1n) is 6.04. The molecule has 0 heterocycles. The van der Waals surface area contributed by atoms with Gasteiger partial charge in [-0.2, -0.15) is 0 Å². The third-order valence-corrected chi connectivity index (χ3v) is 3.59. The van der Waals surface area contributed by atoms with Crippen molar-refractivity contribution in [2.45, 2.75) is 12.6 Å². The second-order valence-corrected chi connectivity index (χ2v) is 5.05. The van der Waals surface area contributed by atoms with Gasteiger partial charge in [-0.3, -0.25) is 0 Å². The van der Waals surface area contributed by atoms with Crippen LogP contribution in [0, 0.1) is 0 Å². The summed E-state index contributed by atoms with van der Waals surface area (Å²) in [6, 6.07) is 15.0. The summed E-state index contributed by atoms with van der Waals surface area (Å²) in [5.74, 6) is 0. The summed E-state index contributed by atoms with van der Waals surface area (Å²) in [5.41, 5.74) is 1.88. The molecule has 0 amide bonds. The normalized spacial score (nSPS) is 12.4. The molecule has 0 aliphatic carbocycles. The molecule has 1 unspecified atom stereocenters. The van der Waals surface area contributed by atoms with E-state index in [4.69, 9.17) is 23.2 Å². The molecule has 1 atom stereocenters. The summed E-state index contributed by atoms with van der Waals surface area (Å²) in [5, 5.41) is 13.9. The van der Waals surface area contributed by atoms with Gasteiger partial charge in [-0.1, -0.05) is 59.6 Å². The van der Waals surface area contributed by atoms with Crippen molar-refractivity contribution in [3.8, 4) is 0 Å². The first-order valence-corrected chi connectivity index (χ1v) is 6.80. The van der Waals surface area contributed by atoms with Crippen LogP contribution in [0.15, 0.2) is 48.5 Å². The maximum Gasteiger partial charge on any atom is 0.0627 e. The van der Waals surface area contributed by atoms with Crippen molar-refractivity contribution in [3.63, 3.8) is 0 Å². The van der Waals surface area contributed by atoms with Crippen molar-refractivity contribution in [2.75, 3.05) is 6.61 Å². The summed E-state index contributed by atoms with van der Waals surface area (Å²) in [6.45, 7) is 0.587. The van der Waals surface area contributed by atoms with Gasteiger partial charge < -0.3 is 10.4 Å². The van der Waals surface area contributed by atoms with E-state index in [9.17, 15) is 5.11 Å². The molecule has 0 aliphatic heterocycles. The Morgan fingerprint density at radius 1 is 0.947 bits per heavy atom. The van der Waals surface area contributed by atoms with Crippen molar-refractivity contribution < 1.29 is 5.11 Å². The summed E-state index contributed by atoms with van der Waals surface area (Å²) in [6.07, 6.45) is 0. The molecule has 2 aromatic carbocycles. The van der Waals surface area contributed by atoms with Crippen molar-refractivity contribution in [3.05, 3.63) is 69.7 Å². The van der Waals surface area contributed by atoms with Gasteiger partial charge in [0.05, 0.1) is 12.6 Å². The van der Waals surface area contributed by atoms with Crippen LogP contribution in [-0.4, -0.2) is 11.7 Å². The van der Waals surface area contributed by atoms with Gasteiger partial charge in [0.15, 0.2) is 0 Å². The lowest BCUT2D eigenvalue weighted by Crippen LogP contribution is -2.24. The summed E-state index contributed by atoms with van der Waals surface area (Å²) in [4.78, 5) is 0. The van der Waals surface area contributed by atoms with Crippen LogP contribution >= 0.6 is 23.2 Å². The Bertz CT molecular complexity index is 511. The zero-order chi connectivity index (χ0) is 13.7. The molecule has 0 radical (unpaired) electrons. The fourth-order valence-corrected chi connectivity index (χ4v) is 2.60. The molecule has 0 spiro atoms. The molecule has 0 bridgehead atoms. The van der Waals surface area contributed by atoms with E-state index in [0.717, 1.165) is 11.1 Å². The van der Waals surface area contributed by atoms with E-state index in [2.05, 4.69) is 5.32 Å². The number of halogens is 2. The van der Waals surface area contributed by atoms with Crippen molar-refractivity contribution in [1.29, 1.82) is 0 Å². The second kappa shape index (κ2) is 6.92. The Balaban J connectivity index is 2.12. The maximum absolute atomic E-state index is 9.53. The van der Waals surface area contributed by atoms with E-state index in [1.807, 2.05) is 30.3 Å². The number of aliphatic hydroxyl groups excluding tert-OH is 1. The monoisotopic (exact) mass is 295 g/mol. The maximum atomic E-state index is 9.53. The van der Waals surface area contributed by atoms with Gasteiger partial charge in [0.25, 0.3) is 0 Å². The van der Waals surface area contributed by atoms with Crippen LogP contribution in [0.3, 0.4) is 0 Å². The second-order valence-electron chi connectivity index (χ2n) is 4.24. The van der Waals surface area contributed by atoms with Crippen LogP contribution in [0.4, 0.5) is 0 Å². The molecule has 2 rings (SSSR count). The molecular weight excluding hydrogens is 281 g/mol. The molecule has 2 aromatic rings. The summed E-state index contributed by atoms with van der Waals surface area (Å²) >= 11 is 12.3. The zero-order valence-electron chi connectivity index (χ0n) is 10.3. The van der Waals surface area contributed by atoms with Crippen LogP contribution < -0.4 is 5.32 Å². The minimum atomic E-state index is -0.276. The highest BCUT2D eigenvalue weighted by atomic mass is 35.5. The molecule has 0 saturated heterocycles. The number of hydrogen-bond donors (Lipinski definition) is 2. The fourth-order valence-electron chi connectivity index (χ4n) is 1.94. The Morgan fingerprint density at radius 3 is 2.16 bits per heavy atom. The van der Waals surface area contributed by atoms with Crippen LogP contribution in [0.1, 0.15) is 17.2 Å². The molecule has 2 N–H and O–H groups in total. The highest BCUT2D eigenvalue weighted by Crippen LogP contribution is 2.30. The minimum absolute atomic E-state index is 0.0592. The number of nitrogens with one attached hydrogen (secondary N) is 1. The van der Waals surface area contributed by atoms with Crippen LogP contribution in [-0.2, 0) is 6.54 Å². The Hall–Kier alpha value is -1.06. The largest absolute Gasteiger partial charge is 0.394 e. The Morgan fingerprint density at radius 2 is 1.58 bits per heavy atom. The van der Waals surface area contributed by atoms with Crippen LogP contribution in [0.2, 0.25) is 10.0 Å². The number of rotatable bonds is 5. The fraction of sp³-hybridized carbons (Fsp3) is 0.200. The van der Waals surface area contributed by atoms with Gasteiger partial charge in [-0.05, 0) is 17.7 Å². The Kier molecular flexibility index (Phi) is 5.23. The average molecular weight is 296 g/mol. The first kappa shape index (κ1) is 14.4. The molecular formula is C15H15Cl2NO. The topological polar surface area (TPSA) is 32.3 Å². The predicted octanol–water partition coefficient (Wildman–Crippen LogP) is 3.82. The van der Waals surface area contributed by atoms with E-state index < -0.39 is 0 Å². The van der Waals surface area contributed by atoms with E-state index in [0.29, 0.717) is 16.6 Å². The first-order chi connectivity index (χ1) is 9.22. The molecule has 0 aromatic heterocycles. The van der Waals surface area contributed by atoms with Crippen molar-refractivity contribution in [1.82, 2.24) is 5.32 Å². The summed E-state index contributed by atoms with van der Waals surface area (Å²) < 4.78 is 0. The third-order valence-electron chi connectivity index (χ3n) is 2.93. The van der Waals surface area contributed by atoms with E-state index in [1.54, 1.807) is 18.2 Å². The lowest BCUT2D eigenvalue weighted by Gasteiger charge is -2.19. The quantitative estimate of drug-likeness (QED) is 0.879. The van der Waals surface area contributed by atoms with Gasteiger partial charge >= 0.3 is 0 Å². The smallest absolute Gasteiger partial charge is 0.0627 e. The Labute approximate surface area is 123 Å². The van der Waals surface area contributed by atoms with E-state index in [-0.39, 0.29) is 12.6 Å². The molecule has 0 saturated carbocycles. The lowest BCUT2D eigenvalue weighted by atomic mass is 10.1. The van der Waals surface area contributed by atoms with Gasteiger partial charge in [-0.25, -0.2) is 0 Å². The summed E-state index contributed by atoms with van der Waals surface area (Å²) in [7, 11) is 0. The number of aliphatic hydroxyl groups is 1. The standard InChI is InChI=1S/C15H15Cl2NO/c16-12-7-4-8-13(17)15(12)14(10-19)18-9-11-5-2-1-3-6-11/h1-8,14,18-19H,9-10H2. The van der Waals surface area contributed by atoms with E-state index in [1.165, 1.54) is 0 Å². The number of benzene rings is 2. The van der Waals surface area contributed by atoms with E-state index >= 15 is 0 Å². The molecule has 2 nitrogen and oxygen atoms in total. The SMILES string of the molecule is OCC(NCc1ccccc1)c1c(Cl)cccc1Cl. The highest BCUT2D eigenvalue weighted by Gasteiger charge is 2.16. The zero-order valence-corrected chi connectivity index (χ0v) is 11.8. The number of hydrogen-bond acceptors (Lipinski definition) is 2. The molecule has 0 aliphatic rings. The molecule has 4 heteroatoms. The molecule has 0 fully saturated rings. The molecule has 19 heavy (non-hydrogen) atoms. The minimum Gasteiger partial charge on any atom is -0.394 e.